The largest absolute Gasteiger partial charge is 0.485 e. The highest BCUT2D eigenvalue weighted by Gasteiger charge is 2.27. The van der Waals surface area contributed by atoms with Crippen LogP contribution in [0.15, 0.2) is 58.2 Å². The Morgan fingerprint density at radius 3 is 2.69 bits per heavy atom. The van der Waals surface area contributed by atoms with Crippen LogP contribution in [0.2, 0.25) is 5.02 Å². The van der Waals surface area contributed by atoms with Gasteiger partial charge in [-0.25, -0.2) is 0 Å². The molecule has 1 aromatic heterocycles. The number of ketones is 1. The van der Waals surface area contributed by atoms with Crippen molar-refractivity contribution in [3.63, 3.8) is 0 Å². The van der Waals surface area contributed by atoms with Gasteiger partial charge in [-0.3, -0.25) is 4.79 Å². The lowest BCUT2D eigenvalue weighted by atomic mass is 10.1. The van der Waals surface area contributed by atoms with E-state index in [2.05, 4.69) is 10.2 Å². The summed E-state index contributed by atoms with van der Waals surface area (Å²) < 4.78 is 17.1. The summed E-state index contributed by atoms with van der Waals surface area (Å²) in [6, 6.07) is 14.1. The smallest absolute Gasteiger partial charge is 0.277 e. The highest BCUT2D eigenvalue weighted by molar-refractivity contribution is 7.99. The van der Waals surface area contributed by atoms with Gasteiger partial charge in [0.25, 0.3) is 11.1 Å². The third-order valence-corrected chi connectivity index (χ3v) is 4.77. The molecule has 0 saturated carbocycles. The van der Waals surface area contributed by atoms with Crippen molar-refractivity contribution < 1.29 is 18.7 Å². The van der Waals surface area contributed by atoms with Gasteiger partial charge in [-0.2, -0.15) is 0 Å². The van der Waals surface area contributed by atoms with Crippen LogP contribution in [0.1, 0.15) is 22.4 Å². The minimum Gasteiger partial charge on any atom is -0.485 e. The Morgan fingerprint density at radius 2 is 1.88 bits per heavy atom. The lowest BCUT2D eigenvalue weighted by molar-refractivity contribution is 0.0686. The van der Waals surface area contributed by atoms with Crippen molar-refractivity contribution in [2.24, 2.45) is 0 Å². The summed E-state index contributed by atoms with van der Waals surface area (Å²) in [5, 5.41) is 8.87. The summed E-state index contributed by atoms with van der Waals surface area (Å²) in [5.74, 6) is 1.78. The number of rotatable bonds is 5. The molecule has 0 amide bonds. The molecule has 0 aliphatic carbocycles. The van der Waals surface area contributed by atoms with E-state index in [9.17, 15) is 4.79 Å². The highest BCUT2D eigenvalue weighted by atomic mass is 35.5. The number of ether oxygens (including phenoxy) is 2. The van der Waals surface area contributed by atoms with E-state index in [4.69, 9.17) is 25.5 Å². The number of carbonyl (C=O) groups excluding carboxylic acids is 1. The number of benzene rings is 2. The maximum atomic E-state index is 12.2. The number of nitrogens with zero attached hydrogens (tertiary/aromatic N) is 2. The van der Waals surface area contributed by atoms with E-state index in [1.54, 1.807) is 24.3 Å². The van der Waals surface area contributed by atoms with Crippen LogP contribution in [0.25, 0.3) is 0 Å². The molecule has 1 aliphatic rings. The van der Waals surface area contributed by atoms with Crippen molar-refractivity contribution in [2.45, 2.75) is 11.3 Å². The Hall–Kier alpha value is -2.51. The number of carbonyl (C=O) groups is 1. The molecule has 132 valence electrons. The Labute approximate surface area is 158 Å². The van der Waals surface area contributed by atoms with Crippen molar-refractivity contribution >= 4 is 29.1 Å². The predicted octanol–water partition coefficient (Wildman–Crippen LogP) is 4.21. The second kappa shape index (κ2) is 7.39. The number of halogens is 1. The molecular formula is C18H13ClN2O4S. The monoisotopic (exact) mass is 388 g/mol. The van der Waals surface area contributed by atoms with Gasteiger partial charge in [0.1, 0.15) is 6.61 Å². The van der Waals surface area contributed by atoms with E-state index >= 15 is 0 Å². The zero-order valence-electron chi connectivity index (χ0n) is 13.4. The lowest BCUT2D eigenvalue weighted by Gasteiger charge is -2.23. The lowest BCUT2D eigenvalue weighted by Crippen LogP contribution is -2.21. The molecule has 1 atom stereocenters. The van der Waals surface area contributed by atoms with Crippen molar-refractivity contribution in [1.82, 2.24) is 10.2 Å². The number of hydrogen-bond acceptors (Lipinski definition) is 7. The Kier molecular flexibility index (Phi) is 4.81. The molecule has 0 saturated heterocycles. The normalized spacial score (nSPS) is 15.7. The van der Waals surface area contributed by atoms with Crippen LogP contribution in [0.5, 0.6) is 11.5 Å². The molecule has 6 nitrogen and oxygen atoms in total. The summed E-state index contributed by atoms with van der Waals surface area (Å²) in [5.41, 5.74) is 0.585. The van der Waals surface area contributed by atoms with Gasteiger partial charge < -0.3 is 13.9 Å². The SMILES string of the molecule is O=C(CSc1nnc(C2COc3ccccc3O2)o1)c1ccc(Cl)cc1. The topological polar surface area (TPSA) is 74.5 Å². The maximum Gasteiger partial charge on any atom is 0.277 e. The molecule has 0 fully saturated rings. The van der Waals surface area contributed by atoms with Gasteiger partial charge in [-0.05, 0) is 36.4 Å². The molecule has 4 rings (SSSR count). The molecule has 2 heterocycles. The molecule has 0 radical (unpaired) electrons. The van der Waals surface area contributed by atoms with Crippen LogP contribution in [-0.2, 0) is 0 Å². The fourth-order valence-electron chi connectivity index (χ4n) is 2.40. The quantitative estimate of drug-likeness (QED) is 0.478. The van der Waals surface area contributed by atoms with E-state index in [1.165, 1.54) is 11.8 Å². The predicted molar refractivity (Wildman–Crippen MR) is 96.1 cm³/mol. The molecule has 0 bridgehead atoms. The maximum absolute atomic E-state index is 12.2. The van der Waals surface area contributed by atoms with Gasteiger partial charge >= 0.3 is 0 Å². The standard InChI is InChI=1S/C18H13ClN2O4S/c19-12-7-5-11(6-8-12)13(22)10-26-18-21-20-17(25-18)16-9-23-14-3-1-2-4-15(14)24-16/h1-8,16H,9-10H2. The average Bonchev–Trinajstić information content (AvgIpc) is 3.15. The molecule has 3 aromatic rings. The van der Waals surface area contributed by atoms with E-state index in [-0.39, 0.29) is 18.1 Å². The van der Waals surface area contributed by atoms with Crippen LogP contribution >= 0.6 is 23.4 Å². The molecule has 1 unspecified atom stereocenters. The number of hydrogen-bond donors (Lipinski definition) is 0. The van der Waals surface area contributed by atoms with Gasteiger partial charge in [0.05, 0.1) is 5.75 Å². The Bertz CT molecular complexity index is 929. The summed E-state index contributed by atoms with van der Waals surface area (Å²) in [6.45, 7) is 0.285. The van der Waals surface area contributed by atoms with Gasteiger partial charge in [-0.15, -0.1) is 10.2 Å². The van der Waals surface area contributed by atoms with Crippen molar-refractivity contribution in [2.75, 3.05) is 12.4 Å². The van der Waals surface area contributed by atoms with Crippen molar-refractivity contribution in [1.29, 1.82) is 0 Å². The molecule has 0 N–H and O–H groups in total. The Morgan fingerprint density at radius 1 is 1.12 bits per heavy atom. The molecule has 1 aliphatic heterocycles. The van der Waals surface area contributed by atoms with Crippen LogP contribution in [0, 0.1) is 0 Å². The third kappa shape index (κ3) is 3.68. The fourth-order valence-corrected chi connectivity index (χ4v) is 3.19. The van der Waals surface area contributed by atoms with E-state index < -0.39 is 6.10 Å². The third-order valence-electron chi connectivity index (χ3n) is 3.70. The molecule has 2 aromatic carbocycles. The van der Waals surface area contributed by atoms with Crippen molar-refractivity contribution in [3.8, 4) is 11.5 Å². The van der Waals surface area contributed by atoms with Gasteiger partial charge in [-0.1, -0.05) is 35.5 Å². The van der Waals surface area contributed by atoms with E-state index in [0.29, 0.717) is 33.2 Å². The van der Waals surface area contributed by atoms with Gasteiger partial charge in [0, 0.05) is 10.6 Å². The fraction of sp³-hybridized carbons (Fsp3) is 0.167. The summed E-state index contributed by atoms with van der Waals surface area (Å²) in [6.07, 6.45) is -0.473. The first-order chi connectivity index (χ1) is 12.7. The Balaban J connectivity index is 1.38. The number of fused-ring (bicyclic) bond motifs is 1. The summed E-state index contributed by atoms with van der Waals surface area (Å²) in [4.78, 5) is 12.2. The van der Waals surface area contributed by atoms with E-state index in [1.807, 2.05) is 24.3 Å². The minimum absolute atomic E-state index is 0.0439. The van der Waals surface area contributed by atoms with Crippen LogP contribution in [0.4, 0.5) is 0 Å². The van der Waals surface area contributed by atoms with Gasteiger partial charge in [0.2, 0.25) is 6.10 Å². The van der Waals surface area contributed by atoms with Crippen molar-refractivity contribution in [3.05, 3.63) is 65.0 Å². The molecular weight excluding hydrogens is 376 g/mol. The number of para-hydroxylation sites is 2. The van der Waals surface area contributed by atoms with Crippen LogP contribution < -0.4 is 9.47 Å². The number of aromatic nitrogens is 2. The number of thioether (sulfide) groups is 1. The molecule has 8 heteroatoms. The summed E-state index contributed by atoms with van der Waals surface area (Å²) >= 11 is 7.00. The first kappa shape index (κ1) is 16.9. The summed E-state index contributed by atoms with van der Waals surface area (Å²) in [7, 11) is 0. The zero-order chi connectivity index (χ0) is 17.9. The second-order valence-electron chi connectivity index (χ2n) is 5.49. The number of Topliss-reactive ketones (excluding diaryl/α,β-unsaturated/α-hetero) is 1. The first-order valence-electron chi connectivity index (χ1n) is 7.82. The van der Waals surface area contributed by atoms with Gasteiger partial charge in [0.15, 0.2) is 17.3 Å². The molecule has 26 heavy (non-hydrogen) atoms. The van der Waals surface area contributed by atoms with Crippen LogP contribution in [0.3, 0.4) is 0 Å². The highest BCUT2D eigenvalue weighted by Crippen LogP contribution is 2.35. The van der Waals surface area contributed by atoms with Crippen LogP contribution in [-0.4, -0.2) is 28.3 Å². The average molecular weight is 389 g/mol. The second-order valence-corrected chi connectivity index (χ2v) is 6.85. The molecule has 0 spiro atoms. The zero-order valence-corrected chi connectivity index (χ0v) is 15.0. The minimum atomic E-state index is -0.473. The van der Waals surface area contributed by atoms with E-state index in [0.717, 1.165) is 0 Å². The first-order valence-corrected chi connectivity index (χ1v) is 9.19.